The van der Waals surface area contributed by atoms with E-state index in [9.17, 15) is 45.6 Å². The molecule has 14 nitrogen and oxygen atoms in total. The molecule has 2 aliphatic rings. The van der Waals surface area contributed by atoms with Crippen molar-refractivity contribution in [1.82, 2.24) is 5.32 Å². The predicted octanol–water partition coefficient (Wildman–Crippen LogP) is 4.27. The van der Waals surface area contributed by atoms with E-state index in [-0.39, 0.29) is 12.5 Å². The van der Waals surface area contributed by atoms with Gasteiger partial charge in [-0.25, -0.2) is 0 Å². The summed E-state index contributed by atoms with van der Waals surface area (Å²) in [6.07, 6.45) is 11.2. The Balaban J connectivity index is 1.88. The van der Waals surface area contributed by atoms with E-state index < -0.39 is 86.8 Å². The van der Waals surface area contributed by atoms with E-state index in [1.165, 1.54) is 96.3 Å². The molecule has 2 aliphatic heterocycles. The van der Waals surface area contributed by atoms with Crippen LogP contribution in [0.4, 0.5) is 0 Å². The minimum atomic E-state index is -1.78. The van der Waals surface area contributed by atoms with Gasteiger partial charge in [0.1, 0.15) is 48.8 Å². The number of carbonyl (C=O) groups is 1. The van der Waals surface area contributed by atoms with Crippen molar-refractivity contribution in [2.45, 2.75) is 248 Å². The lowest BCUT2D eigenvalue weighted by molar-refractivity contribution is -0.359. The molecule has 338 valence electrons. The molecule has 0 aliphatic carbocycles. The van der Waals surface area contributed by atoms with Gasteiger partial charge < -0.3 is 65.1 Å². The number of amides is 1. The second kappa shape index (κ2) is 31.8. The highest BCUT2D eigenvalue weighted by Gasteiger charge is 2.51. The van der Waals surface area contributed by atoms with Gasteiger partial charge in [0.25, 0.3) is 0 Å². The first kappa shape index (κ1) is 52.1. The van der Waals surface area contributed by atoms with Crippen LogP contribution in [-0.2, 0) is 23.7 Å². The summed E-state index contributed by atoms with van der Waals surface area (Å²) in [5, 5.41) is 86.5. The fraction of sp³-hybridized carbons (Fsp3) is 0.977. The average Bonchev–Trinajstić information content (AvgIpc) is 3.21. The summed E-state index contributed by atoms with van der Waals surface area (Å²) in [5.41, 5.74) is 0. The summed E-state index contributed by atoms with van der Waals surface area (Å²) in [7, 11) is 0. The number of rotatable bonds is 34. The Morgan fingerprint density at radius 1 is 0.561 bits per heavy atom. The van der Waals surface area contributed by atoms with Crippen molar-refractivity contribution in [2.75, 3.05) is 19.8 Å². The van der Waals surface area contributed by atoms with E-state index in [1.54, 1.807) is 0 Å². The van der Waals surface area contributed by atoms with Crippen molar-refractivity contribution in [1.29, 1.82) is 0 Å². The standard InChI is InChI=1S/C43H83NO13/c1-3-5-7-9-11-13-15-16-17-19-21-23-25-27-35(48)44-31(32(47)26-24-22-20-18-14-12-10-8-6-4-2)30-54-42-40(53)38(51)41(34(29-46)56-42)57-43-39(52)37(50)36(49)33(28-45)55-43/h31-34,36-43,45-47,49-53H,3-30H2,1-2H3,(H,44,48). The molecule has 2 heterocycles. The predicted molar refractivity (Wildman–Crippen MR) is 217 cm³/mol. The molecule has 0 bridgehead atoms. The van der Waals surface area contributed by atoms with Gasteiger partial charge in [0.15, 0.2) is 12.6 Å². The number of ether oxygens (including phenoxy) is 4. The van der Waals surface area contributed by atoms with Crippen LogP contribution < -0.4 is 5.32 Å². The lowest BCUT2D eigenvalue weighted by Crippen LogP contribution is -2.65. The van der Waals surface area contributed by atoms with Crippen LogP contribution >= 0.6 is 0 Å². The van der Waals surface area contributed by atoms with E-state index in [2.05, 4.69) is 19.2 Å². The number of nitrogens with one attached hydrogen (secondary N) is 1. The number of unbranched alkanes of at least 4 members (excludes halogenated alkanes) is 21. The summed E-state index contributed by atoms with van der Waals surface area (Å²) in [4.78, 5) is 13.1. The second-order valence-corrected chi connectivity index (χ2v) is 16.5. The van der Waals surface area contributed by atoms with Crippen molar-refractivity contribution >= 4 is 5.91 Å². The number of hydrogen-bond acceptors (Lipinski definition) is 13. The maximum absolute atomic E-state index is 13.1. The van der Waals surface area contributed by atoms with Crippen LogP contribution in [0.1, 0.15) is 174 Å². The van der Waals surface area contributed by atoms with Gasteiger partial charge in [-0.2, -0.15) is 0 Å². The number of hydrogen-bond donors (Lipinski definition) is 9. The van der Waals surface area contributed by atoms with Crippen molar-refractivity contribution in [3.63, 3.8) is 0 Å². The molecule has 0 aromatic rings. The Labute approximate surface area is 343 Å². The van der Waals surface area contributed by atoms with E-state index in [1.807, 2.05) is 0 Å². The minimum absolute atomic E-state index is 0.208. The van der Waals surface area contributed by atoms with Crippen molar-refractivity contribution in [3.05, 3.63) is 0 Å². The average molecular weight is 822 g/mol. The van der Waals surface area contributed by atoms with Gasteiger partial charge in [0.05, 0.1) is 32.0 Å². The zero-order chi connectivity index (χ0) is 41.8. The van der Waals surface area contributed by atoms with E-state index in [4.69, 9.17) is 18.9 Å². The van der Waals surface area contributed by atoms with Gasteiger partial charge in [-0.05, 0) is 12.8 Å². The van der Waals surface area contributed by atoms with Crippen molar-refractivity contribution < 1.29 is 64.6 Å². The first-order valence-electron chi connectivity index (χ1n) is 22.8. The largest absolute Gasteiger partial charge is 0.394 e. The molecule has 12 unspecified atom stereocenters. The van der Waals surface area contributed by atoms with Crippen LogP contribution in [0.15, 0.2) is 0 Å². The maximum atomic E-state index is 13.1. The highest BCUT2D eigenvalue weighted by atomic mass is 16.7. The number of carbonyl (C=O) groups excluding carboxylic acids is 1. The molecular weight excluding hydrogens is 738 g/mol. The molecule has 12 atom stereocenters. The summed E-state index contributed by atoms with van der Waals surface area (Å²) in [6.45, 7) is 2.81. The van der Waals surface area contributed by atoms with Gasteiger partial charge >= 0.3 is 0 Å². The van der Waals surface area contributed by atoms with Gasteiger partial charge in [-0.1, -0.05) is 155 Å². The molecule has 0 radical (unpaired) electrons. The Hall–Kier alpha value is -1.01. The molecule has 9 N–H and O–H groups in total. The molecule has 2 fully saturated rings. The zero-order valence-corrected chi connectivity index (χ0v) is 35.3. The van der Waals surface area contributed by atoms with Gasteiger partial charge in [-0.3, -0.25) is 4.79 Å². The third-order valence-electron chi connectivity index (χ3n) is 11.6. The first-order valence-corrected chi connectivity index (χ1v) is 22.8. The smallest absolute Gasteiger partial charge is 0.220 e. The van der Waals surface area contributed by atoms with Crippen LogP contribution in [0.5, 0.6) is 0 Å². The van der Waals surface area contributed by atoms with Crippen LogP contribution in [0.25, 0.3) is 0 Å². The topological polar surface area (TPSA) is 228 Å². The Morgan fingerprint density at radius 2 is 1.00 bits per heavy atom. The summed E-state index contributed by atoms with van der Waals surface area (Å²) in [5.74, 6) is -0.208. The third-order valence-corrected chi connectivity index (χ3v) is 11.6. The number of aliphatic hydroxyl groups excluding tert-OH is 8. The van der Waals surface area contributed by atoms with Gasteiger partial charge in [0.2, 0.25) is 5.91 Å². The molecule has 0 aromatic heterocycles. The molecule has 57 heavy (non-hydrogen) atoms. The Morgan fingerprint density at radius 3 is 1.49 bits per heavy atom. The summed E-state index contributed by atoms with van der Waals surface area (Å²) in [6, 6.07) is -0.818. The van der Waals surface area contributed by atoms with Crippen LogP contribution in [0, 0.1) is 0 Å². The monoisotopic (exact) mass is 822 g/mol. The highest BCUT2D eigenvalue weighted by Crippen LogP contribution is 2.30. The number of aliphatic hydroxyl groups is 8. The SMILES string of the molecule is CCCCCCCCCCCCCCCC(=O)NC(COC1OC(CO)C(OC2OC(CO)C(O)C(O)C2O)C(O)C1O)C(O)CCCCCCCCCCCC. The van der Waals surface area contributed by atoms with Crippen LogP contribution in [0.2, 0.25) is 0 Å². The molecule has 2 saturated heterocycles. The Bertz CT molecular complexity index is 977. The van der Waals surface area contributed by atoms with Crippen molar-refractivity contribution in [2.24, 2.45) is 0 Å². The lowest BCUT2D eigenvalue weighted by Gasteiger charge is -2.46. The quantitative estimate of drug-likeness (QED) is 0.0414. The van der Waals surface area contributed by atoms with E-state index in [0.717, 1.165) is 51.4 Å². The molecule has 2 rings (SSSR count). The third kappa shape index (κ3) is 20.4. The maximum Gasteiger partial charge on any atom is 0.220 e. The molecule has 0 spiro atoms. The van der Waals surface area contributed by atoms with Crippen LogP contribution in [-0.4, -0.2) is 140 Å². The Kier molecular flexibility index (Phi) is 29.1. The molecular formula is C43H83NO13. The van der Waals surface area contributed by atoms with Gasteiger partial charge in [-0.15, -0.1) is 0 Å². The fourth-order valence-corrected chi connectivity index (χ4v) is 7.76. The molecule has 1 amide bonds. The normalized spacial score (nSPS) is 29.0. The lowest BCUT2D eigenvalue weighted by atomic mass is 9.97. The first-order chi connectivity index (χ1) is 27.6. The van der Waals surface area contributed by atoms with E-state index in [0.29, 0.717) is 12.8 Å². The van der Waals surface area contributed by atoms with Gasteiger partial charge in [0, 0.05) is 6.42 Å². The van der Waals surface area contributed by atoms with E-state index >= 15 is 0 Å². The zero-order valence-electron chi connectivity index (χ0n) is 35.3. The molecule has 14 heteroatoms. The van der Waals surface area contributed by atoms with Crippen LogP contribution in [0.3, 0.4) is 0 Å². The summed E-state index contributed by atoms with van der Waals surface area (Å²) < 4.78 is 22.6. The highest BCUT2D eigenvalue weighted by molar-refractivity contribution is 5.76. The summed E-state index contributed by atoms with van der Waals surface area (Å²) >= 11 is 0. The minimum Gasteiger partial charge on any atom is -0.394 e. The molecule has 0 aromatic carbocycles. The molecule has 0 saturated carbocycles. The van der Waals surface area contributed by atoms with Crippen molar-refractivity contribution in [3.8, 4) is 0 Å². The second-order valence-electron chi connectivity index (χ2n) is 16.5. The fourth-order valence-electron chi connectivity index (χ4n) is 7.76.